The van der Waals surface area contributed by atoms with Crippen LogP contribution in [-0.2, 0) is 0 Å². The molecular formula is C19H22N4S. The third-order valence-electron chi connectivity index (χ3n) is 4.79. The van der Waals surface area contributed by atoms with E-state index in [9.17, 15) is 0 Å². The molecule has 0 radical (unpaired) electrons. The van der Waals surface area contributed by atoms with Crippen molar-refractivity contribution < 1.29 is 0 Å². The summed E-state index contributed by atoms with van der Waals surface area (Å²) in [4.78, 5) is 15.0. The van der Waals surface area contributed by atoms with E-state index in [0.717, 1.165) is 30.3 Å². The van der Waals surface area contributed by atoms with Gasteiger partial charge in [-0.05, 0) is 49.4 Å². The van der Waals surface area contributed by atoms with Crippen molar-refractivity contribution >= 4 is 33.1 Å². The molecule has 0 spiro atoms. The highest BCUT2D eigenvalue weighted by molar-refractivity contribution is 7.17. The van der Waals surface area contributed by atoms with Gasteiger partial charge in [-0.25, -0.2) is 9.97 Å². The molecule has 4 rings (SSSR count). The number of aryl methyl sites for hydroxylation is 2. The predicted molar refractivity (Wildman–Crippen MR) is 102 cm³/mol. The maximum Gasteiger partial charge on any atom is 0.141 e. The number of thiophene rings is 1. The number of rotatable bonds is 2. The van der Waals surface area contributed by atoms with E-state index in [1.54, 1.807) is 17.7 Å². The highest BCUT2D eigenvalue weighted by Gasteiger charge is 2.26. The summed E-state index contributed by atoms with van der Waals surface area (Å²) in [6.07, 6.45) is 1.70. The highest BCUT2D eigenvalue weighted by Crippen LogP contribution is 2.32. The number of fused-ring (bicyclic) bond motifs is 1. The minimum absolute atomic E-state index is 0.449. The van der Waals surface area contributed by atoms with Crippen molar-refractivity contribution in [2.45, 2.75) is 26.8 Å². The maximum absolute atomic E-state index is 4.61. The van der Waals surface area contributed by atoms with Gasteiger partial charge >= 0.3 is 0 Å². The van der Waals surface area contributed by atoms with Gasteiger partial charge in [0.25, 0.3) is 0 Å². The van der Waals surface area contributed by atoms with Crippen molar-refractivity contribution in [2.24, 2.45) is 0 Å². The van der Waals surface area contributed by atoms with Crippen LogP contribution in [-0.4, -0.2) is 35.6 Å². The van der Waals surface area contributed by atoms with Crippen LogP contribution in [0.4, 0.5) is 11.5 Å². The van der Waals surface area contributed by atoms with Gasteiger partial charge in [0.05, 0.1) is 5.39 Å². The SMILES string of the molecule is Cc1cccc(N2CCN(c3ncnc4scc(C)c34)CC2C)c1. The summed E-state index contributed by atoms with van der Waals surface area (Å²) in [6, 6.07) is 9.24. The van der Waals surface area contributed by atoms with Gasteiger partial charge < -0.3 is 9.80 Å². The molecule has 0 aliphatic carbocycles. The summed E-state index contributed by atoms with van der Waals surface area (Å²) in [6.45, 7) is 9.58. The zero-order chi connectivity index (χ0) is 16.7. The Bertz CT molecular complexity index is 873. The summed E-state index contributed by atoms with van der Waals surface area (Å²) >= 11 is 1.70. The lowest BCUT2D eigenvalue weighted by Crippen LogP contribution is -2.52. The maximum atomic E-state index is 4.61. The van der Waals surface area contributed by atoms with Crippen LogP contribution in [0.1, 0.15) is 18.1 Å². The molecule has 0 bridgehead atoms. The van der Waals surface area contributed by atoms with E-state index in [2.05, 4.69) is 70.2 Å². The average molecular weight is 338 g/mol. The van der Waals surface area contributed by atoms with Gasteiger partial charge in [-0.3, -0.25) is 0 Å². The van der Waals surface area contributed by atoms with Gasteiger partial charge in [-0.2, -0.15) is 0 Å². The first-order chi connectivity index (χ1) is 11.6. The Kier molecular flexibility index (Phi) is 3.88. The molecule has 1 aliphatic heterocycles. The Balaban J connectivity index is 1.61. The normalized spacial score (nSPS) is 18.4. The van der Waals surface area contributed by atoms with Crippen LogP contribution in [0.25, 0.3) is 10.2 Å². The highest BCUT2D eigenvalue weighted by atomic mass is 32.1. The zero-order valence-corrected chi connectivity index (χ0v) is 15.2. The number of anilines is 2. The third-order valence-corrected chi connectivity index (χ3v) is 5.80. The summed E-state index contributed by atoms with van der Waals surface area (Å²) in [7, 11) is 0. The summed E-state index contributed by atoms with van der Waals surface area (Å²) in [5.41, 5.74) is 3.91. The first kappa shape index (κ1) is 15.4. The van der Waals surface area contributed by atoms with Crippen molar-refractivity contribution in [1.29, 1.82) is 0 Å². The monoisotopic (exact) mass is 338 g/mol. The molecule has 0 saturated carbocycles. The van der Waals surface area contributed by atoms with Crippen LogP contribution in [0.15, 0.2) is 36.0 Å². The number of piperazine rings is 1. The van der Waals surface area contributed by atoms with Crippen molar-refractivity contribution in [3.8, 4) is 0 Å². The molecule has 5 heteroatoms. The molecule has 1 fully saturated rings. The Morgan fingerprint density at radius 2 is 2.04 bits per heavy atom. The second-order valence-electron chi connectivity index (χ2n) is 6.62. The molecule has 0 N–H and O–H groups in total. The van der Waals surface area contributed by atoms with Crippen molar-refractivity contribution in [2.75, 3.05) is 29.4 Å². The molecule has 24 heavy (non-hydrogen) atoms. The number of aromatic nitrogens is 2. The van der Waals surface area contributed by atoms with Crippen LogP contribution < -0.4 is 9.80 Å². The fourth-order valence-electron chi connectivity index (χ4n) is 3.58. The number of nitrogens with zero attached hydrogens (tertiary/aromatic N) is 4. The molecule has 1 aromatic carbocycles. The molecule has 3 heterocycles. The molecule has 1 aliphatic rings. The summed E-state index contributed by atoms with van der Waals surface area (Å²) in [5, 5.41) is 3.40. The first-order valence-corrected chi connectivity index (χ1v) is 9.28. The molecule has 2 aromatic heterocycles. The lowest BCUT2D eigenvalue weighted by atomic mass is 10.1. The molecular weight excluding hydrogens is 316 g/mol. The third kappa shape index (κ3) is 2.63. The minimum Gasteiger partial charge on any atom is -0.365 e. The van der Waals surface area contributed by atoms with E-state index in [-0.39, 0.29) is 0 Å². The molecule has 3 aromatic rings. The number of hydrogen-bond donors (Lipinski definition) is 0. The van der Waals surface area contributed by atoms with Crippen molar-refractivity contribution in [1.82, 2.24) is 9.97 Å². The lowest BCUT2D eigenvalue weighted by molar-refractivity contribution is 0.548. The first-order valence-electron chi connectivity index (χ1n) is 8.40. The fourth-order valence-corrected chi connectivity index (χ4v) is 4.46. The van der Waals surface area contributed by atoms with Crippen LogP contribution in [0.2, 0.25) is 0 Å². The van der Waals surface area contributed by atoms with E-state index in [4.69, 9.17) is 0 Å². The van der Waals surface area contributed by atoms with E-state index in [0.29, 0.717) is 6.04 Å². The van der Waals surface area contributed by atoms with Gasteiger partial charge in [-0.15, -0.1) is 11.3 Å². The van der Waals surface area contributed by atoms with Gasteiger partial charge in [0.15, 0.2) is 0 Å². The van der Waals surface area contributed by atoms with Crippen LogP contribution >= 0.6 is 11.3 Å². The van der Waals surface area contributed by atoms with Crippen molar-refractivity contribution in [3.63, 3.8) is 0 Å². The van der Waals surface area contributed by atoms with Gasteiger partial charge in [0.1, 0.15) is 17.0 Å². The molecule has 124 valence electrons. The molecule has 1 saturated heterocycles. The van der Waals surface area contributed by atoms with Gasteiger partial charge in [-0.1, -0.05) is 12.1 Å². The average Bonchev–Trinajstić information content (AvgIpc) is 2.96. The molecule has 1 unspecified atom stereocenters. The van der Waals surface area contributed by atoms with Gasteiger partial charge in [0, 0.05) is 31.4 Å². The smallest absolute Gasteiger partial charge is 0.141 e. The fraction of sp³-hybridized carbons (Fsp3) is 0.368. The number of hydrogen-bond acceptors (Lipinski definition) is 5. The van der Waals surface area contributed by atoms with Gasteiger partial charge in [0.2, 0.25) is 0 Å². The Labute approximate surface area is 146 Å². The summed E-state index contributed by atoms with van der Waals surface area (Å²) in [5.74, 6) is 1.09. The second-order valence-corrected chi connectivity index (χ2v) is 7.48. The number of benzene rings is 1. The lowest BCUT2D eigenvalue weighted by Gasteiger charge is -2.42. The van der Waals surface area contributed by atoms with E-state index in [1.165, 1.54) is 22.2 Å². The molecule has 4 nitrogen and oxygen atoms in total. The van der Waals surface area contributed by atoms with E-state index >= 15 is 0 Å². The van der Waals surface area contributed by atoms with E-state index < -0.39 is 0 Å². The van der Waals surface area contributed by atoms with Crippen LogP contribution in [0.5, 0.6) is 0 Å². The molecule has 0 amide bonds. The predicted octanol–water partition coefficient (Wildman–Crippen LogP) is 4.02. The Morgan fingerprint density at radius 3 is 2.83 bits per heavy atom. The Hall–Kier alpha value is -2.14. The summed E-state index contributed by atoms with van der Waals surface area (Å²) < 4.78 is 0. The largest absolute Gasteiger partial charge is 0.365 e. The second kappa shape index (κ2) is 6.06. The zero-order valence-electron chi connectivity index (χ0n) is 14.4. The standard InChI is InChI=1S/C19H22N4S/c1-13-5-4-6-16(9-13)23-8-7-22(10-15(23)3)18-17-14(2)11-24-19(17)21-12-20-18/h4-6,9,11-12,15H,7-8,10H2,1-3H3. The Morgan fingerprint density at radius 1 is 1.17 bits per heavy atom. The topological polar surface area (TPSA) is 32.3 Å². The van der Waals surface area contributed by atoms with Crippen LogP contribution in [0.3, 0.4) is 0 Å². The van der Waals surface area contributed by atoms with Crippen molar-refractivity contribution in [3.05, 3.63) is 47.1 Å². The minimum atomic E-state index is 0.449. The molecule has 1 atom stereocenters. The van der Waals surface area contributed by atoms with Crippen LogP contribution in [0, 0.1) is 13.8 Å². The quantitative estimate of drug-likeness (QED) is 0.706. The van der Waals surface area contributed by atoms with E-state index in [1.807, 2.05) is 0 Å².